The molecule has 0 saturated carbocycles. The summed E-state index contributed by atoms with van der Waals surface area (Å²) in [6.07, 6.45) is -4.35. The Balaban J connectivity index is 2.61. The van der Waals surface area contributed by atoms with Crippen molar-refractivity contribution in [3.8, 4) is 11.1 Å². The van der Waals surface area contributed by atoms with E-state index in [-0.39, 0.29) is 0 Å². The SMILES string of the molecule is FC(F)(F)c1ccc(I)c(-c2ccccc2Cl)c1. The lowest BCUT2D eigenvalue weighted by Crippen LogP contribution is -2.05. The van der Waals surface area contributed by atoms with Crippen LogP contribution in [0.3, 0.4) is 0 Å². The average Bonchev–Trinajstić information content (AvgIpc) is 2.29. The third-order valence-electron chi connectivity index (χ3n) is 2.46. The smallest absolute Gasteiger partial charge is 0.166 e. The lowest BCUT2D eigenvalue weighted by Gasteiger charge is -2.11. The zero-order chi connectivity index (χ0) is 13.3. The first-order valence-electron chi connectivity index (χ1n) is 5.01. The van der Waals surface area contributed by atoms with Gasteiger partial charge in [-0.05, 0) is 52.4 Å². The fourth-order valence-corrected chi connectivity index (χ4v) is 2.45. The molecule has 2 aromatic carbocycles. The number of hydrogen-bond donors (Lipinski definition) is 0. The van der Waals surface area contributed by atoms with Gasteiger partial charge in [0.15, 0.2) is 0 Å². The molecule has 0 nitrogen and oxygen atoms in total. The van der Waals surface area contributed by atoms with Crippen LogP contribution in [0.4, 0.5) is 13.2 Å². The predicted octanol–water partition coefficient (Wildman–Crippen LogP) is 5.63. The second-order valence-corrected chi connectivity index (χ2v) is 5.24. The molecule has 0 unspecified atom stereocenters. The van der Waals surface area contributed by atoms with E-state index in [4.69, 9.17) is 11.6 Å². The number of alkyl halides is 3. The van der Waals surface area contributed by atoms with Gasteiger partial charge in [-0.1, -0.05) is 29.8 Å². The minimum absolute atomic E-state index is 0.440. The van der Waals surface area contributed by atoms with E-state index in [1.807, 2.05) is 22.6 Å². The molecule has 0 heterocycles. The molecule has 0 aliphatic rings. The van der Waals surface area contributed by atoms with Gasteiger partial charge >= 0.3 is 6.18 Å². The molecule has 5 heteroatoms. The molecule has 0 N–H and O–H groups in total. The van der Waals surface area contributed by atoms with Crippen molar-refractivity contribution in [2.75, 3.05) is 0 Å². The Bertz CT molecular complexity index is 579. The number of halogens is 5. The summed E-state index contributed by atoms with van der Waals surface area (Å²) in [7, 11) is 0. The third-order valence-corrected chi connectivity index (χ3v) is 3.73. The van der Waals surface area contributed by atoms with Crippen LogP contribution in [0.2, 0.25) is 5.02 Å². The van der Waals surface area contributed by atoms with Gasteiger partial charge in [0.05, 0.1) is 5.56 Å². The molecule has 0 amide bonds. The summed E-state index contributed by atoms with van der Waals surface area (Å²) in [5.74, 6) is 0. The summed E-state index contributed by atoms with van der Waals surface area (Å²) in [5.41, 5.74) is 0.434. The van der Waals surface area contributed by atoms with E-state index in [9.17, 15) is 13.2 Å². The fraction of sp³-hybridized carbons (Fsp3) is 0.0769. The number of rotatable bonds is 1. The molecule has 0 aliphatic heterocycles. The maximum atomic E-state index is 12.7. The van der Waals surface area contributed by atoms with Crippen molar-refractivity contribution in [1.29, 1.82) is 0 Å². The van der Waals surface area contributed by atoms with Crippen molar-refractivity contribution in [1.82, 2.24) is 0 Å². The Hall–Kier alpha value is -0.750. The standard InChI is InChI=1S/C13H7ClF3I/c14-11-4-2-1-3-9(11)10-7-8(13(15,16)17)5-6-12(10)18/h1-7H. The van der Waals surface area contributed by atoms with E-state index in [0.29, 0.717) is 16.1 Å². The quantitative estimate of drug-likeness (QED) is 0.561. The largest absolute Gasteiger partial charge is 0.416 e. The van der Waals surface area contributed by atoms with Crippen LogP contribution in [0, 0.1) is 3.57 Å². The van der Waals surface area contributed by atoms with E-state index in [1.54, 1.807) is 24.3 Å². The molecule has 0 aromatic heterocycles. The van der Waals surface area contributed by atoms with Gasteiger partial charge in [-0.25, -0.2) is 0 Å². The summed E-state index contributed by atoms with van der Waals surface area (Å²) in [6, 6.07) is 10.5. The molecule has 0 spiro atoms. The predicted molar refractivity (Wildman–Crippen MR) is 74.6 cm³/mol. The van der Waals surface area contributed by atoms with Crippen LogP contribution in [-0.2, 0) is 6.18 Å². The topological polar surface area (TPSA) is 0 Å². The van der Waals surface area contributed by atoms with Crippen LogP contribution in [0.25, 0.3) is 11.1 Å². The molecule has 2 rings (SSSR count). The van der Waals surface area contributed by atoms with Gasteiger partial charge in [-0.15, -0.1) is 0 Å². The molecular weight excluding hydrogens is 375 g/mol. The molecule has 94 valence electrons. The van der Waals surface area contributed by atoms with Crippen LogP contribution in [0.15, 0.2) is 42.5 Å². The van der Waals surface area contributed by atoms with Gasteiger partial charge in [-0.3, -0.25) is 0 Å². The zero-order valence-electron chi connectivity index (χ0n) is 8.93. The Labute approximate surface area is 121 Å². The second kappa shape index (κ2) is 5.09. The lowest BCUT2D eigenvalue weighted by atomic mass is 10.0. The first-order chi connectivity index (χ1) is 8.39. The Morgan fingerprint density at radius 2 is 1.61 bits per heavy atom. The highest BCUT2D eigenvalue weighted by Gasteiger charge is 2.31. The first kappa shape index (κ1) is 13.7. The van der Waals surface area contributed by atoms with Gasteiger partial charge in [0.2, 0.25) is 0 Å². The summed E-state index contributed by atoms with van der Waals surface area (Å²) in [6.45, 7) is 0. The molecule has 0 aliphatic carbocycles. The summed E-state index contributed by atoms with van der Waals surface area (Å²) < 4.78 is 38.8. The van der Waals surface area contributed by atoms with Crippen molar-refractivity contribution in [3.63, 3.8) is 0 Å². The van der Waals surface area contributed by atoms with Crippen molar-refractivity contribution in [2.45, 2.75) is 6.18 Å². The second-order valence-electron chi connectivity index (χ2n) is 3.67. The van der Waals surface area contributed by atoms with Crippen LogP contribution in [-0.4, -0.2) is 0 Å². The molecule has 0 fully saturated rings. The third kappa shape index (κ3) is 2.80. The van der Waals surface area contributed by atoms with Gasteiger partial charge in [0, 0.05) is 14.2 Å². The minimum atomic E-state index is -4.35. The van der Waals surface area contributed by atoms with Crippen molar-refractivity contribution in [3.05, 3.63) is 56.6 Å². The summed E-state index contributed by atoms with van der Waals surface area (Å²) in [5, 5.41) is 0.440. The average molecular weight is 383 g/mol. The molecular formula is C13H7ClF3I. The zero-order valence-corrected chi connectivity index (χ0v) is 11.8. The van der Waals surface area contributed by atoms with Gasteiger partial charge in [0.1, 0.15) is 0 Å². The fourth-order valence-electron chi connectivity index (χ4n) is 1.59. The summed E-state index contributed by atoms with van der Waals surface area (Å²) in [4.78, 5) is 0. The number of benzene rings is 2. The molecule has 0 bridgehead atoms. The van der Waals surface area contributed by atoms with Crippen molar-refractivity contribution in [2.24, 2.45) is 0 Å². The van der Waals surface area contributed by atoms with E-state index in [2.05, 4.69) is 0 Å². The molecule has 0 saturated heterocycles. The van der Waals surface area contributed by atoms with Crippen molar-refractivity contribution >= 4 is 34.2 Å². The van der Waals surface area contributed by atoms with Gasteiger partial charge in [-0.2, -0.15) is 13.2 Å². The Kier molecular flexibility index (Phi) is 3.87. The monoisotopic (exact) mass is 382 g/mol. The van der Waals surface area contributed by atoms with E-state index >= 15 is 0 Å². The lowest BCUT2D eigenvalue weighted by molar-refractivity contribution is -0.137. The van der Waals surface area contributed by atoms with Crippen LogP contribution in [0.5, 0.6) is 0 Å². The summed E-state index contributed by atoms with van der Waals surface area (Å²) >= 11 is 8.01. The van der Waals surface area contributed by atoms with E-state index < -0.39 is 11.7 Å². The van der Waals surface area contributed by atoms with Crippen molar-refractivity contribution < 1.29 is 13.2 Å². The van der Waals surface area contributed by atoms with Crippen LogP contribution in [0.1, 0.15) is 5.56 Å². The van der Waals surface area contributed by atoms with Gasteiger partial charge in [0.25, 0.3) is 0 Å². The minimum Gasteiger partial charge on any atom is -0.166 e. The molecule has 0 atom stereocenters. The maximum absolute atomic E-state index is 12.7. The van der Waals surface area contributed by atoms with E-state index in [1.165, 1.54) is 6.07 Å². The van der Waals surface area contributed by atoms with Gasteiger partial charge < -0.3 is 0 Å². The Morgan fingerprint density at radius 1 is 0.944 bits per heavy atom. The highest BCUT2D eigenvalue weighted by atomic mass is 127. The Morgan fingerprint density at radius 3 is 2.22 bits per heavy atom. The normalized spacial score (nSPS) is 11.6. The highest BCUT2D eigenvalue weighted by Crippen LogP contribution is 2.36. The van der Waals surface area contributed by atoms with Crippen LogP contribution < -0.4 is 0 Å². The molecule has 0 radical (unpaired) electrons. The first-order valence-corrected chi connectivity index (χ1v) is 6.47. The van der Waals surface area contributed by atoms with Crippen LogP contribution >= 0.6 is 34.2 Å². The molecule has 18 heavy (non-hydrogen) atoms. The number of hydrogen-bond acceptors (Lipinski definition) is 0. The highest BCUT2D eigenvalue weighted by molar-refractivity contribution is 14.1. The van der Waals surface area contributed by atoms with E-state index in [0.717, 1.165) is 15.7 Å². The molecule has 2 aromatic rings. The maximum Gasteiger partial charge on any atom is 0.416 e.